The van der Waals surface area contributed by atoms with E-state index in [1.807, 2.05) is 30.3 Å². The first-order valence-corrected chi connectivity index (χ1v) is 7.99. The summed E-state index contributed by atoms with van der Waals surface area (Å²) in [4.78, 5) is 25.2. The highest BCUT2D eigenvalue weighted by molar-refractivity contribution is 9.10. The van der Waals surface area contributed by atoms with Crippen LogP contribution in [0.2, 0.25) is 0 Å². The van der Waals surface area contributed by atoms with Gasteiger partial charge in [-0.3, -0.25) is 9.20 Å². The highest BCUT2D eigenvalue weighted by Crippen LogP contribution is 2.32. The average molecular weight is 372 g/mol. The van der Waals surface area contributed by atoms with Crippen molar-refractivity contribution in [1.29, 1.82) is 0 Å². The topological polar surface area (TPSA) is 47.8 Å². The molecule has 0 N–H and O–H groups in total. The van der Waals surface area contributed by atoms with E-state index >= 15 is 0 Å². The highest BCUT2D eigenvalue weighted by atomic mass is 79.9. The summed E-state index contributed by atoms with van der Waals surface area (Å²) in [5, 5.41) is 0. The van der Waals surface area contributed by atoms with E-state index in [-0.39, 0.29) is 12.2 Å². The fourth-order valence-electron chi connectivity index (χ4n) is 2.56. The Morgan fingerprint density at radius 1 is 1.13 bits per heavy atom. The first-order chi connectivity index (χ1) is 11.1. The molecule has 0 fully saturated rings. The number of halogens is 1. The third kappa shape index (κ3) is 2.68. The number of esters is 1. The zero-order valence-electron chi connectivity index (χ0n) is 12.5. The van der Waals surface area contributed by atoms with Crippen molar-refractivity contribution in [1.82, 2.24) is 4.40 Å². The van der Waals surface area contributed by atoms with E-state index in [4.69, 9.17) is 4.74 Å². The molecule has 3 aromatic rings. The lowest BCUT2D eigenvalue weighted by Gasteiger charge is -2.14. The predicted octanol–water partition coefficient (Wildman–Crippen LogP) is 3.91. The lowest BCUT2D eigenvalue weighted by molar-refractivity contribution is 0.0529. The molecule has 116 valence electrons. The van der Waals surface area contributed by atoms with Crippen molar-refractivity contribution >= 4 is 27.4 Å². The molecule has 2 heterocycles. The predicted molar refractivity (Wildman–Crippen MR) is 92.8 cm³/mol. The number of hydrogen-bond acceptors (Lipinski definition) is 3. The molecule has 0 saturated carbocycles. The number of fused-ring (bicyclic) bond motifs is 1. The number of pyridine rings is 2. The summed E-state index contributed by atoms with van der Waals surface area (Å²) in [6.45, 7) is 2.02. The Kier molecular flexibility index (Phi) is 4.30. The maximum Gasteiger partial charge on any atom is 0.340 e. The monoisotopic (exact) mass is 371 g/mol. The number of carbonyl (C=O) groups excluding carboxylic acids is 1. The van der Waals surface area contributed by atoms with Gasteiger partial charge in [-0.2, -0.15) is 0 Å². The van der Waals surface area contributed by atoms with Gasteiger partial charge in [0.05, 0.1) is 22.2 Å². The minimum absolute atomic E-state index is 0.215. The number of carbonyl (C=O) groups is 1. The van der Waals surface area contributed by atoms with Crippen LogP contribution in [0.15, 0.2) is 64.0 Å². The van der Waals surface area contributed by atoms with Crippen molar-refractivity contribution in [3.63, 3.8) is 0 Å². The molecule has 0 bridgehead atoms. The number of ether oxygens (including phenoxy) is 1. The molecule has 3 rings (SSSR count). The molecule has 0 unspecified atom stereocenters. The molecule has 0 saturated heterocycles. The third-order valence-corrected chi connectivity index (χ3v) is 4.27. The number of rotatable bonds is 3. The van der Waals surface area contributed by atoms with Crippen LogP contribution < -0.4 is 5.56 Å². The van der Waals surface area contributed by atoms with Crippen LogP contribution in [0.25, 0.3) is 16.6 Å². The Labute approximate surface area is 141 Å². The molecule has 0 spiro atoms. The molecule has 2 aromatic heterocycles. The van der Waals surface area contributed by atoms with Crippen LogP contribution in [0.3, 0.4) is 0 Å². The van der Waals surface area contributed by atoms with Crippen LogP contribution in [-0.2, 0) is 4.74 Å². The second-order valence-electron chi connectivity index (χ2n) is 4.91. The fraction of sp³-hybridized carbons (Fsp3) is 0.111. The highest BCUT2D eigenvalue weighted by Gasteiger charge is 2.23. The zero-order valence-corrected chi connectivity index (χ0v) is 14.0. The van der Waals surface area contributed by atoms with Gasteiger partial charge in [0.1, 0.15) is 0 Å². The van der Waals surface area contributed by atoms with Gasteiger partial charge >= 0.3 is 5.97 Å². The van der Waals surface area contributed by atoms with Gasteiger partial charge in [0.25, 0.3) is 5.56 Å². The first kappa shape index (κ1) is 15.5. The number of hydrogen-bond donors (Lipinski definition) is 0. The van der Waals surface area contributed by atoms with E-state index < -0.39 is 5.97 Å². The number of nitrogens with zero attached hydrogens (tertiary/aromatic N) is 1. The quantitative estimate of drug-likeness (QED) is 0.655. The van der Waals surface area contributed by atoms with Crippen molar-refractivity contribution in [3.05, 3.63) is 75.1 Å². The molecule has 4 nitrogen and oxygen atoms in total. The summed E-state index contributed by atoms with van der Waals surface area (Å²) in [6.07, 6.45) is 1.64. The molecule has 0 radical (unpaired) electrons. The molecule has 0 aliphatic rings. The Balaban J connectivity index is 2.47. The van der Waals surface area contributed by atoms with Crippen LogP contribution in [0.5, 0.6) is 0 Å². The lowest BCUT2D eigenvalue weighted by atomic mass is 9.99. The SMILES string of the molecule is CCOC(=O)c1c(-c2ccccc2)c(Br)c(=O)n2ccccc12. The van der Waals surface area contributed by atoms with E-state index in [0.717, 1.165) is 5.56 Å². The van der Waals surface area contributed by atoms with Crippen molar-refractivity contribution in [2.45, 2.75) is 6.92 Å². The Morgan fingerprint density at radius 3 is 2.52 bits per heavy atom. The second kappa shape index (κ2) is 6.38. The molecule has 0 amide bonds. The van der Waals surface area contributed by atoms with Crippen LogP contribution in [0, 0.1) is 0 Å². The number of aromatic nitrogens is 1. The summed E-state index contributed by atoms with van der Waals surface area (Å²) in [5.41, 5.74) is 2.03. The zero-order chi connectivity index (χ0) is 16.4. The molecule has 23 heavy (non-hydrogen) atoms. The van der Waals surface area contributed by atoms with E-state index in [1.165, 1.54) is 4.40 Å². The standard InChI is InChI=1S/C18H14BrNO3/c1-2-23-18(22)15-13-10-6-7-11-20(13)17(21)16(19)14(15)12-8-4-3-5-9-12/h3-11H,2H2,1H3. The van der Waals surface area contributed by atoms with Crippen molar-refractivity contribution < 1.29 is 9.53 Å². The van der Waals surface area contributed by atoms with Gasteiger partial charge in [0.15, 0.2) is 0 Å². The molecule has 5 heteroatoms. The van der Waals surface area contributed by atoms with E-state index in [0.29, 0.717) is 21.1 Å². The second-order valence-corrected chi connectivity index (χ2v) is 5.70. The summed E-state index contributed by atoms with van der Waals surface area (Å²) in [7, 11) is 0. The fourth-order valence-corrected chi connectivity index (χ4v) is 3.18. The number of benzene rings is 1. The summed E-state index contributed by atoms with van der Waals surface area (Å²) >= 11 is 3.37. The first-order valence-electron chi connectivity index (χ1n) is 7.20. The molecule has 0 aliphatic carbocycles. The van der Waals surface area contributed by atoms with Gasteiger partial charge in [0.2, 0.25) is 0 Å². The molecular weight excluding hydrogens is 358 g/mol. The maximum atomic E-state index is 12.6. The van der Waals surface area contributed by atoms with Crippen LogP contribution in [-0.4, -0.2) is 17.0 Å². The molecule has 0 atom stereocenters. The Bertz CT molecular complexity index is 932. The maximum absolute atomic E-state index is 12.6. The molecule has 1 aromatic carbocycles. The van der Waals surface area contributed by atoms with E-state index in [9.17, 15) is 9.59 Å². The van der Waals surface area contributed by atoms with Gasteiger partial charge in [-0.1, -0.05) is 36.4 Å². The Morgan fingerprint density at radius 2 is 1.83 bits per heavy atom. The summed E-state index contributed by atoms with van der Waals surface area (Å²) < 4.78 is 7.01. The summed E-state index contributed by atoms with van der Waals surface area (Å²) in [6, 6.07) is 14.6. The van der Waals surface area contributed by atoms with Gasteiger partial charge in [-0.25, -0.2) is 4.79 Å². The average Bonchev–Trinajstić information content (AvgIpc) is 2.58. The summed E-state index contributed by atoms with van der Waals surface area (Å²) in [5.74, 6) is -0.448. The molecular formula is C18H14BrNO3. The van der Waals surface area contributed by atoms with Gasteiger partial charge in [-0.05, 0) is 40.5 Å². The molecule has 0 aliphatic heterocycles. The van der Waals surface area contributed by atoms with E-state index in [1.54, 1.807) is 31.3 Å². The van der Waals surface area contributed by atoms with Crippen LogP contribution in [0.1, 0.15) is 17.3 Å². The van der Waals surface area contributed by atoms with E-state index in [2.05, 4.69) is 15.9 Å². The van der Waals surface area contributed by atoms with Crippen molar-refractivity contribution in [3.8, 4) is 11.1 Å². The van der Waals surface area contributed by atoms with Gasteiger partial charge in [-0.15, -0.1) is 0 Å². The van der Waals surface area contributed by atoms with Gasteiger partial charge in [0, 0.05) is 11.8 Å². The minimum atomic E-state index is -0.448. The van der Waals surface area contributed by atoms with Crippen molar-refractivity contribution in [2.24, 2.45) is 0 Å². The Hall–Kier alpha value is -2.40. The normalized spacial score (nSPS) is 10.7. The lowest BCUT2D eigenvalue weighted by Crippen LogP contribution is -2.20. The minimum Gasteiger partial charge on any atom is -0.462 e. The third-order valence-electron chi connectivity index (χ3n) is 3.53. The van der Waals surface area contributed by atoms with Crippen LogP contribution >= 0.6 is 15.9 Å². The van der Waals surface area contributed by atoms with Crippen molar-refractivity contribution in [2.75, 3.05) is 6.61 Å². The smallest absolute Gasteiger partial charge is 0.340 e. The van der Waals surface area contributed by atoms with Gasteiger partial charge < -0.3 is 4.74 Å². The van der Waals surface area contributed by atoms with Crippen LogP contribution in [0.4, 0.5) is 0 Å². The largest absolute Gasteiger partial charge is 0.462 e.